The van der Waals surface area contributed by atoms with Gasteiger partial charge in [0.25, 0.3) is 0 Å². The predicted octanol–water partition coefficient (Wildman–Crippen LogP) is 2.15. The molecule has 3 atom stereocenters. The lowest BCUT2D eigenvalue weighted by Gasteiger charge is -2.64. The highest BCUT2D eigenvalue weighted by molar-refractivity contribution is 5.74. The lowest BCUT2D eigenvalue weighted by molar-refractivity contribution is -0.125. The van der Waals surface area contributed by atoms with Crippen LogP contribution in [0.3, 0.4) is 0 Å². The molecule has 2 fully saturated rings. The van der Waals surface area contributed by atoms with Crippen molar-refractivity contribution in [3.05, 3.63) is 24.5 Å². The molecule has 0 radical (unpaired) electrons. The van der Waals surface area contributed by atoms with Crippen molar-refractivity contribution in [2.24, 2.45) is 11.3 Å². The third-order valence-electron chi connectivity index (χ3n) is 5.64. The molecule has 2 aromatic heterocycles. The van der Waals surface area contributed by atoms with Crippen molar-refractivity contribution in [3.63, 3.8) is 0 Å². The normalized spacial score (nSPS) is 28.1. The van der Waals surface area contributed by atoms with Crippen molar-refractivity contribution in [2.75, 3.05) is 11.4 Å². The fraction of sp³-hybridized carbons (Fsp3) is 0.556. The van der Waals surface area contributed by atoms with Gasteiger partial charge in [-0.3, -0.25) is 9.78 Å². The smallest absolute Gasteiger partial charge is 0.217 e. The summed E-state index contributed by atoms with van der Waals surface area (Å²) in [5.74, 6) is 1.51. The van der Waals surface area contributed by atoms with Gasteiger partial charge in [-0.25, -0.2) is 9.97 Å². The highest BCUT2D eigenvalue weighted by atomic mass is 16.1. The Hall–Kier alpha value is -2.24. The van der Waals surface area contributed by atoms with Gasteiger partial charge in [-0.2, -0.15) is 0 Å². The number of nitrogens with one attached hydrogen (secondary N) is 1. The van der Waals surface area contributed by atoms with E-state index in [4.69, 9.17) is 4.98 Å². The molecule has 0 aromatic carbocycles. The summed E-state index contributed by atoms with van der Waals surface area (Å²) in [6, 6.07) is 4.67. The van der Waals surface area contributed by atoms with Gasteiger partial charge in [0, 0.05) is 49.3 Å². The molecular weight excluding hydrogens is 302 g/mol. The largest absolute Gasteiger partial charge is 0.353 e. The van der Waals surface area contributed by atoms with Gasteiger partial charge in [0.1, 0.15) is 11.3 Å². The SMILES string of the molecule is CC(=O)NC1C2CCCN(c3ccc4nccnc4n3)C2C1(C)C. The van der Waals surface area contributed by atoms with Crippen LogP contribution >= 0.6 is 0 Å². The fourth-order valence-electron chi connectivity index (χ4n) is 4.72. The van der Waals surface area contributed by atoms with Crippen LogP contribution in [0.15, 0.2) is 24.5 Å². The van der Waals surface area contributed by atoms with Gasteiger partial charge < -0.3 is 10.2 Å². The first-order valence-electron chi connectivity index (χ1n) is 8.60. The number of anilines is 1. The molecule has 0 spiro atoms. The lowest BCUT2D eigenvalue weighted by Crippen LogP contribution is -2.74. The van der Waals surface area contributed by atoms with E-state index in [9.17, 15) is 4.79 Å². The summed E-state index contributed by atoms with van der Waals surface area (Å²) in [6.45, 7) is 7.09. The molecule has 126 valence electrons. The number of aromatic nitrogens is 3. The van der Waals surface area contributed by atoms with Crippen LogP contribution in [-0.4, -0.2) is 39.5 Å². The van der Waals surface area contributed by atoms with Crippen LogP contribution in [0.25, 0.3) is 11.2 Å². The zero-order valence-electron chi connectivity index (χ0n) is 14.4. The molecule has 24 heavy (non-hydrogen) atoms. The number of piperidine rings is 1. The monoisotopic (exact) mass is 325 g/mol. The van der Waals surface area contributed by atoms with Crippen LogP contribution in [0.1, 0.15) is 33.6 Å². The fourth-order valence-corrected chi connectivity index (χ4v) is 4.72. The van der Waals surface area contributed by atoms with E-state index in [-0.39, 0.29) is 17.4 Å². The maximum Gasteiger partial charge on any atom is 0.217 e. The van der Waals surface area contributed by atoms with Gasteiger partial charge in [-0.05, 0) is 25.0 Å². The summed E-state index contributed by atoms with van der Waals surface area (Å²) in [5, 5.41) is 3.16. The van der Waals surface area contributed by atoms with Crippen molar-refractivity contribution in [1.82, 2.24) is 20.3 Å². The van der Waals surface area contributed by atoms with E-state index in [1.54, 1.807) is 19.3 Å². The van der Waals surface area contributed by atoms with Crippen LogP contribution < -0.4 is 10.2 Å². The van der Waals surface area contributed by atoms with Crippen LogP contribution in [0.5, 0.6) is 0 Å². The minimum absolute atomic E-state index is 0.0236. The number of fused-ring (bicyclic) bond motifs is 2. The first-order chi connectivity index (χ1) is 11.5. The van der Waals surface area contributed by atoms with E-state index in [1.807, 2.05) is 12.1 Å². The van der Waals surface area contributed by atoms with E-state index in [2.05, 4.69) is 34.0 Å². The molecule has 4 rings (SSSR count). The van der Waals surface area contributed by atoms with E-state index in [0.717, 1.165) is 30.7 Å². The molecule has 3 heterocycles. The molecule has 3 unspecified atom stereocenters. The summed E-state index contributed by atoms with van der Waals surface area (Å²) in [5.41, 5.74) is 1.53. The second kappa shape index (κ2) is 5.40. The third-order valence-corrected chi connectivity index (χ3v) is 5.64. The summed E-state index contributed by atoms with van der Waals surface area (Å²) in [4.78, 5) is 27.3. The summed E-state index contributed by atoms with van der Waals surface area (Å²) in [6.07, 6.45) is 5.64. The van der Waals surface area contributed by atoms with Gasteiger partial charge >= 0.3 is 0 Å². The molecule has 1 amide bonds. The first-order valence-corrected chi connectivity index (χ1v) is 8.60. The number of amides is 1. The van der Waals surface area contributed by atoms with Crippen molar-refractivity contribution in [3.8, 4) is 0 Å². The van der Waals surface area contributed by atoms with Gasteiger partial charge in [-0.15, -0.1) is 0 Å². The summed E-state index contributed by atoms with van der Waals surface area (Å²) >= 11 is 0. The van der Waals surface area contributed by atoms with Gasteiger partial charge in [-0.1, -0.05) is 13.8 Å². The average Bonchev–Trinajstić information content (AvgIpc) is 2.58. The van der Waals surface area contributed by atoms with E-state index < -0.39 is 0 Å². The van der Waals surface area contributed by atoms with Crippen molar-refractivity contribution in [1.29, 1.82) is 0 Å². The highest BCUT2D eigenvalue weighted by Crippen LogP contribution is 2.53. The van der Waals surface area contributed by atoms with Crippen molar-refractivity contribution < 1.29 is 4.79 Å². The quantitative estimate of drug-likeness (QED) is 0.916. The Labute approximate surface area is 141 Å². The lowest BCUT2D eigenvalue weighted by atomic mass is 9.52. The third kappa shape index (κ3) is 2.24. The van der Waals surface area contributed by atoms with Gasteiger partial charge in [0.05, 0.1) is 0 Å². The van der Waals surface area contributed by atoms with Crippen molar-refractivity contribution in [2.45, 2.75) is 45.7 Å². The molecule has 1 aliphatic carbocycles. The van der Waals surface area contributed by atoms with Crippen LogP contribution in [0, 0.1) is 11.3 Å². The first kappa shape index (κ1) is 15.3. The van der Waals surface area contributed by atoms with Crippen LogP contribution in [-0.2, 0) is 4.79 Å². The zero-order valence-corrected chi connectivity index (χ0v) is 14.4. The van der Waals surface area contributed by atoms with Crippen LogP contribution in [0.4, 0.5) is 5.82 Å². The topological polar surface area (TPSA) is 71.0 Å². The Morgan fingerprint density at radius 1 is 1.29 bits per heavy atom. The molecule has 2 aliphatic rings. The number of pyridine rings is 1. The zero-order chi connectivity index (χ0) is 16.9. The minimum atomic E-state index is 0.0236. The highest BCUT2D eigenvalue weighted by Gasteiger charge is 2.60. The van der Waals surface area contributed by atoms with E-state index in [1.165, 1.54) is 0 Å². The molecule has 1 aliphatic heterocycles. The Bertz CT molecular complexity index is 790. The Kier molecular flexibility index (Phi) is 3.44. The van der Waals surface area contributed by atoms with E-state index in [0.29, 0.717) is 17.6 Å². The standard InChI is InChI=1S/C18H23N5O/c1-11(24)21-15-12-5-4-10-23(16(12)18(15,2)3)14-7-6-13-17(22-14)20-9-8-19-13/h6-9,12,15-16H,4-5,10H2,1-3H3,(H,21,24). The Morgan fingerprint density at radius 3 is 2.88 bits per heavy atom. The van der Waals surface area contributed by atoms with Crippen molar-refractivity contribution >= 4 is 22.9 Å². The number of hydrogen-bond acceptors (Lipinski definition) is 5. The number of hydrogen-bond donors (Lipinski definition) is 1. The second-order valence-corrected chi connectivity index (χ2v) is 7.51. The molecule has 2 aromatic rings. The number of rotatable bonds is 2. The molecule has 1 saturated carbocycles. The summed E-state index contributed by atoms with van der Waals surface area (Å²) in [7, 11) is 0. The molecule has 1 N–H and O–H groups in total. The maximum atomic E-state index is 11.6. The second-order valence-electron chi connectivity index (χ2n) is 7.51. The van der Waals surface area contributed by atoms with Gasteiger partial charge in [0.2, 0.25) is 5.91 Å². The van der Waals surface area contributed by atoms with E-state index >= 15 is 0 Å². The summed E-state index contributed by atoms with van der Waals surface area (Å²) < 4.78 is 0. The van der Waals surface area contributed by atoms with Gasteiger partial charge in [0.15, 0.2) is 5.65 Å². The molecule has 6 heteroatoms. The number of nitrogens with zero attached hydrogens (tertiary/aromatic N) is 4. The molecular formula is C18H23N5O. The predicted molar refractivity (Wildman–Crippen MR) is 92.6 cm³/mol. The average molecular weight is 325 g/mol. The maximum absolute atomic E-state index is 11.6. The van der Waals surface area contributed by atoms with Crippen LogP contribution in [0.2, 0.25) is 0 Å². The number of carbonyl (C=O) groups excluding carboxylic acids is 1. The molecule has 6 nitrogen and oxygen atoms in total. The Balaban J connectivity index is 1.66. The molecule has 0 bridgehead atoms. The molecule has 1 saturated heterocycles. The Morgan fingerprint density at radius 2 is 2.08 bits per heavy atom. The number of carbonyl (C=O) groups is 1. The minimum Gasteiger partial charge on any atom is -0.353 e.